The topological polar surface area (TPSA) is 3.24 Å². The Labute approximate surface area is 101 Å². The zero-order chi connectivity index (χ0) is 10.7. The SMILES string of the molecule is CN1CCCCC1Cc1cccc(Br)c1. The van der Waals surface area contributed by atoms with Gasteiger partial charge in [0.2, 0.25) is 0 Å². The Kier molecular flexibility index (Phi) is 3.81. The van der Waals surface area contributed by atoms with Crippen LogP contribution in [0.25, 0.3) is 0 Å². The second kappa shape index (κ2) is 5.13. The van der Waals surface area contributed by atoms with E-state index in [1.807, 2.05) is 0 Å². The van der Waals surface area contributed by atoms with Crippen LogP contribution in [0.4, 0.5) is 0 Å². The summed E-state index contributed by atoms with van der Waals surface area (Å²) in [6.07, 6.45) is 5.30. The molecule has 1 saturated heterocycles. The van der Waals surface area contributed by atoms with Gasteiger partial charge in [-0.2, -0.15) is 0 Å². The maximum Gasteiger partial charge on any atom is 0.0178 e. The standard InChI is InChI=1S/C13H18BrN/c1-15-8-3-2-7-13(15)10-11-5-4-6-12(14)9-11/h4-6,9,13H,2-3,7-8,10H2,1H3. The second-order valence-corrected chi connectivity index (χ2v) is 5.38. The van der Waals surface area contributed by atoms with Crippen LogP contribution in [0.15, 0.2) is 28.7 Å². The van der Waals surface area contributed by atoms with Gasteiger partial charge in [0.1, 0.15) is 0 Å². The molecule has 1 heterocycles. The molecule has 0 aliphatic carbocycles. The summed E-state index contributed by atoms with van der Waals surface area (Å²) in [4.78, 5) is 2.50. The summed E-state index contributed by atoms with van der Waals surface area (Å²) in [7, 11) is 2.25. The number of nitrogens with zero attached hydrogens (tertiary/aromatic N) is 1. The van der Waals surface area contributed by atoms with Crippen LogP contribution in [-0.2, 0) is 6.42 Å². The molecule has 1 nitrogen and oxygen atoms in total. The number of halogens is 1. The highest BCUT2D eigenvalue weighted by molar-refractivity contribution is 9.10. The molecule has 1 fully saturated rings. The summed E-state index contributed by atoms with van der Waals surface area (Å²) in [5.41, 5.74) is 1.45. The number of benzene rings is 1. The van der Waals surface area contributed by atoms with Crippen LogP contribution in [0.5, 0.6) is 0 Å². The van der Waals surface area contributed by atoms with Crippen LogP contribution in [-0.4, -0.2) is 24.5 Å². The van der Waals surface area contributed by atoms with Crippen molar-refractivity contribution in [2.75, 3.05) is 13.6 Å². The van der Waals surface area contributed by atoms with E-state index in [1.165, 1.54) is 42.3 Å². The largest absolute Gasteiger partial charge is 0.303 e. The first-order chi connectivity index (χ1) is 7.25. The van der Waals surface area contributed by atoms with Crippen LogP contribution in [0.3, 0.4) is 0 Å². The molecule has 0 bridgehead atoms. The van der Waals surface area contributed by atoms with E-state index in [2.05, 4.69) is 52.1 Å². The van der Waals surface area contributed by atoms with Gasteiger partial charge in [-0.3, -0.25) is 0 Å². The number of piperidine rings is 1. The molecule has 0 radical (unpaired) electrons. The van der Waals surface area contributed by atoms with Crippen LogP contribution >= 0.6 is 15.9 Å². The van der Waals surface area contributed by atoms with Gasteiger partial charge in [0, 0.05) is 10.5 Å². The summed E-state index contributed by atoms with van der Waals surface area (Å²) in [6.45, 7) is 1.26. The molecule has 1 atom stereocenters. The minimum Gasteiger partial charge on any atom is -0.303 e. The zero-order valence-corrected chi connectivity index (χ0v) is 10.8. The van der Waals surface area contributed by atoms with E-state index in [1.54, 1.807) is 0 Å². The molecule has 1 aliphatic heterocycles. The van der Waals surface area contributed by atoms with Gasteiger partial charge < -0.3 is 4.90 Å². The normalized spacial score (nSPS) is 22.9. The van der Waals surface area contributed by atoms with Gasteiger partial charge in [0.25, 0.3) is 0 Å². The van der Waals surface area contributed by atoms with Gasteiger partial charge in [-0.15, -0.1) is 0 Å². The molecule has 82 valence electrons. The van der Waals surface area contributed by atoms with E-state index in [0.717, 1.165) is 6.04 Å². The van der Waals surface area contributed by atoms with Crippen molar-refractivity contribution in [1.82, 2.24) is 4.90 Å². The smallest absolute Gasteiger partial charge is 0.0178 e. The molecule has 0 saturated carbocycles. The first-order valence-corrected chi connectivity index (χ1v) is 6.50. The molecular weight excluding hydrogens is 250 g/mol. The van der Waals surface area contributed by atoms with Gasteiger partial charge in [-0.05, 0) is 50.6 Å². The molecule has 0 aromatic heterocycles. The molecule has 0 N–H and O–H groups in total. The van der Waals surface area contributed by atoms with Crippen molar-refractivity contribution in [2.24, 2.45) is 0 Å². The van der Waals surface area contributed by atoms with Crippen LogP contribution in [0.2, 0.25) is 0 Å². The highest BCUT2D eigenvalue weighted by Crippen LogP contribution is 2.20. The average Bonchev–Trinajstić information content (AvgIpc) is 2.22. The first-order valence-electron chi connectivity index (χ1n) is 5.70. The van der Waals surface area contributed by atoms with Crippen molar-refractivity contribution in [3.05, 3.63) is 34.3 Å². The van der Waals surface area contributed by atoms with Gasteiger partial charge in [-0.1, -0.05) is 34.5 Å². The van der Waals surface area contributed by atoms with Crippen molar-refractivity contribution in [3.63, 3.8) is 0 Å². The van der Waals surface area contributed by atoms with E-state index in [0.29, 0.717) is 0 Å². The lowest BCUT2D eigenvalue weighted by molar-refractivity contribution is 0.184. The predicted molar refractivity (Wildman–Crippen MR) is 68.1 cm³/mol. The van der Waals surface area contributed by atoms with Gasteiger partial charge in [-0.25, -0.2) is 0 Å². The monoisotopic (exact) mass is 267 g/mol. The molecule has 0 amide bonds. The fourth-order valence-electron chi connectivity index (χ4n) is 2.34. The van der Waals surface area contributed by atoms with Crippen LogP contribution in [0, 0.1) is 0 Å². The molecular formula is C13H18BrN. The lowest BCUT2D eigenvalue weighted by atomic mass is 9.96. The Morgan fingerprint density at radius 3 is 3.00 bits per heavy atom. The molecule has 1 aliphatic rings. The number of hydrogen-bond acceptors (Lipinski definition) is 1. The maximum absolute atomic E-state index is 3.53. The molecule has 1 unspecified atom stereocenters. The molecule has 1 aromatic rings. The highest BCUT2D eigenvalue weighted by Gasteiger charge is 2.18. The summed E-state index contributed by atoms with van der Waals surface area (Å²) in [5, 5.41) is 0. The Bertz CT molecular complexity index is 324. The number of hydrogen-bond donors (Lipinski definition) is 0. The van der Waals surface area contributed by atoms with Crippen LogP contribution < -0.4 is 0 Å². The van der Waals surface area contributed by atoms with Crippen molar-refractivity contribution in [1.29, 1.82) is 0 Å². The summed E-state index contributed by atoms with van der Waals surface area (Å²) < 4.78 is 1.19. The quantitative estimate of drug-likeness (QED) is 0.793. The van der Waals surface area contributed by atoms with Crippen molar-refractivity contribution < 1.29 is 0 Å². The van der Waals surface area contributed by atoms with E-state index in [-0.39, 0.29) is 0 Å². The third kappa shape index (κ3) is 3.05. The zero-order valence-electron chi connectivity index (χ0n) is 9.25. The third-order valence-corrected chi connectivity index (χ3v) is 3.78. The molecule has 2 rings (SSSR count). The maximum atomic E-state index is 3.53. The van der Waals surface area contributed by atoms with E-state index in [4.69, 9.17) is 0 Å². The summed E-state index contributed by atoms with van der Waals surface area (Å²) in [6, 6.07) is 9.43. The highest BCUT2D eigenvalue weighted by atomic mass is 79.9. The van der Waals surface area contributed by atoms with E-state index in [9.17, 15) is 0 Å². The molecule has 1 aromatic carbocycles. The average molecular weight is 268 g/mol. The Balaban J connectivity index is 2.01. The Hall–Kier alpha value is -0.340. The van der Waals surface area contributed by atoms with E-state index >= 15 is 0 Å². The molecule has 2 heteroatoms. The number of likely N-dealkylation sites (N-methyl/N-ethyl adjacent to an activating group) is 1. The third-order valence-electron chi connectivity index (χ3n) is 3.28. The Morgan fingerprint density at radius 1 is 1.40 bits per heavy atom. The van der Waals surface area contributed by atoms with Gasteiger partial charge >= 0.3 is 0 Å². The summed E-state index contributed by atoms with van der Waals surface area (Å²) in [5.74, 6) is 0. The fraction of sp³-hybridized carbons (Fsp3) is 0.538. The van der Waals surface area contributed by atoms with Crippen molar-refractivity contribution in [3.8, 4) is 0 Å². The Morgan fingerprint density at radius 2 is 2.27 bits per heavy atom. The van der Waals surface area contributed by atoms with Crippen LogP contribution in [0.1, 0.15) is 24.8 Å². The minimum atomic E-state index is 0.744. The number of rotatable bonds is 2. The van der Waals surface area contributed by atoms with E-state index < -0.39 is 0 Å². The van der Waals surface area contributed by atoms with Crippen molar-refractivity contribution in [2.45, 2.75) is 31.7 Å². The number of likely N-dealkylation sites (tertiary alicyclic amines) is 1. The van der Waals surface area contributed by atoms with Gasteiger partial charge in [0.05, 0.1) is 0 Å². The minimum absolute atomic E-state index is 0.744. The van der Waals surface area contributed by atoms with Gasteiger partial charge in [0.15, 0.2) is 0 Å². The lowest BCUT2D eigenvalue weighted by Gasteiger charge is -2.32. The lowest BCUT2D eigenvalue weighted by Crippen LogP contribution is -2.37. The fourth-order valence-corrected chi connectivity index (χ4v) is 2.78. The summed E-state index contributed by atoms with van der Waals surface area (Å²) >= 11 is 3.53. The molecule has 0 spiro atoms. The molecule has 15 heavy (non-hydrogen) atoms. The first kappa shape index (κ1) is 11.2. The predicted octanol–water partition coefficient (Wildman–Crippen LogP) is 3.48. The second-order valence-electron chi connectivity index (χ2n) is 4.46. The van der Waals surface area contributed by atoms with Crippen molar-refractivity contribution >= 4 is 15.9 Å².